The summed E-state index contributed by atoms with van der Waals surface area (Å²) in [6.45, 7) is 6.82. The number of nitrogens with zero attached hydrogens (tertiary/aromatic N) is 1. The van der Waals surface area contributed by atoms with Gasteiger partial charge in [-0.05, 0) is 19.1 Å². The highest BCUT2D eigenvalue weighted by atomic mass is 16.1. The van der Waals surface area contributed by atoms with Gasteiger partial charge in [-0.1, -0.05) is 13.8 Å². The average Bonchev–Trinajstić information content (AvgIpc) is 2.20. The molecule has 3 nitrogen and oxygen atoms in total. The third-order valence-corrected chi connectivity index (χ3v) is 1.52. The van der Waals surface area contributed by atoms with Gasteiger partial charge in [0.15, 0.2) is 11.6 Å². The molecule has 0 radical (unpaired) electrons. The number of hydrogen-bond acceptors (Lipinski definition) is 3. The Bertz CT molecular complexity index is 299. The first-order chi connectivity index (χ1) is 6.63. The molecule has 3 heteroatoms. The monoisotopic (exact) mass is 193 g/mol. The summed E-state index contributed by atoms with van der Waals surface area (Å²) >= 11 is 0. The number of Topliss-reactive ketones (excluding diaryl/α,β-unsaturated/α-hetero) is 2. The topological polar surface area (TPSA) is 47.0 Å². The van der Waals surface area contributed by atoms with Gasteiger partial charge >= 0.3 is 0 Å². The van der Waals surface area contributed by atoms with Gasteiger partial charge in [0.25, 0.3) is 0 Å². The van der Waals surface area contributed by atoms with Crippen LogP contribution >= 0.6 is 0 Å². The van der Waals surface area contributed by atoms with Crippen molar-refractivity contribution in [2.75, 3.05) is 0 Å². The predicted molar refractivity (Wildman–Crippen MR) is 55.6 cm³/mol. The Morgan fingerprint density at radius 3 is 2.07 bits per heavy atom. The summed E-state index contributed by atoms with van der Waals surface area (Å²) in [6, 6.07) is 3.25. The summed E-state index contributed by atoms with van der Waals surface area (Å²) in [5.41, 5.74) is 0.648. The van der Waals surface area contributed by atoms with Crippen LogP contribution in [0, 0.1) is 0 Å². The zero-order chi connectivity index (χ0) is 11.1. The van der Waals surface area contributed by atoms with Crippen molar-refractivity contribution >= 4 is 11.6 Å². The molecule has 0 amide bonds. The second-order valence-corrected chi connectivity index (χ2v) is 2.51. The van der Waals surface area contributed by atoms with Gasteiger partial charge in [-0.15, -0.1) is 0 Å². The Balaban J connectivity index is 0.000000791. The molecule has 0 spiro atoms. The summed E-state index contributed by atoms with van der Waals surface area (Å²) in [5.74, 6) is -0.311. The van der Waals surface area contributed by atoms with Gasteiger partial charge in [-0.25, -0.2) is 0 Å². The quantitative estimate of drug-likeness (QED) is 0.678. The van der Waals surface area contributed by atoms with E-state index in [0.717, 1.165) is 0 Å². The van der Waals surface area contributed by atoms with Crippen LogP contribution in [0.3, 0.4) is 0 Å². The molecular weight excluding hydrogens is 178 g/mol. The molecule has 0 saturated carbocycles. The minimum absolute atomic E-state index is 0.131. The number of pyridine rings is 1. The van der Waals surface area contributed by atoms with Gasteiger partial charge in [0.2, 0.25) is 0 Å². The minimum Gasteiger partial charge on any atom is -0.294 e. The number of ketones is 2. The van der Waals surface area contributed by atoms with E-state index in [0.29, 0.717) is 5.56 Å². The highest BCUT2D eigenvalue weighted by molar-refractivity contribution is 6.05. The zero-order valence-electron chi connectivity index (χ0n) is 9.00. The standard InChI is InChI=1S/C9H9NO2.C2H6/c1-6(11)8-4-3-5-10-9(8)7(2)12;1-2/h3-5H,1-2H3;1-2H3. The lowest BCUT2D eigenvalue weighted by molar-refractivity contribution is 0.0977. The van der Waals surface area contributed by atoms with Crippen molar-refractivity contribution in [1.82, 2.24) is 4.98 Å². The minimum atomic E-state index is -0.180. The van der Waals surface area contributed by atoms with Gasteiger partial charge in [-0.3, -0.25) is 14.6 Å². The van der Waals surface area contributed by atoms with Crippen LogP contribution in [0.4, 0.5) is 0 Å². The van der Waals surface area contributed by atoms with Crippen LogP contribution in [0.15, 0.2) is 18.3 Å². The average molecular weight is 193 g/mol. The molecule has 0 aliphatic heterocycles. The maximum atomic E-state index is 11.0. The first-order valence-electron chi connectivity index (χ1n) is 4.60. The maximum Gasteiger partial charge on any atom is 0.178 e. The van der Waals surface area contributed by atoms with E-state index in [4.69, 9.17) is 0 Å². The van der Waals surface area contributed by atoms with Crippen molar-refractivity contribution < 1.29 is 9.59 Å². The van der Waals surface area contributed by atoms with E-state index < -0.39 is 0 Å². The second-order valence-electron chi connectivity index (χ2n) is 2.51. The SMILES string of the molecule is CC.CC(=O)c1cccnc1C(C)=O. The van der Waals surface area contributed by atoms with Crippen molar-refractivity contribution in [3.8, 4) is 0 Å². The van der Waals surface area contributed by atoms with Crippen LogP contribution in [-0.4, -0.2) is 16.6 Å². The number of rotatable bonds is 2. The Hall–Kier alpha value is -1.51. The molecule has 0 N–H and O–H groups in total. The van der Waals surface area contributed by atoms with Gasteiger partial charge in [0.05, 0.1) is 0 Å². The van der Waals surface area contributed by atoms with Crippen LogP contribution in [0.5, 0.6) is 0 Å². The molecule has 1 heterocycles. The molecule has 76 valence electrons. The lowest BCUT2D eigenvalue weighted by atomic mass is 10.1. The molecule has 0 saturated heterocycles. The number of carbonyl (C=O) groups excluding carboxylic acids is 2. The van der Waals surface area contributed by atoms with Crippen molar-refractivity contribution in [2.45, 2.75) is 27.7 Å². The highest BCUT2D eigenvalue weighted by Crippen LogP contribution is 2.06. The smallest absolute Gasteiger partial charge is 0.178 e. The molecular formula is C11H15NO2. The normalized spacial score (nSPS) is 8.57. The van der Waals surface area contributed by atoms with Gasteiger partial charge < -0.3 is 0 Å². The van der Waals surface area contributed by atoms with Crippen LogP contribution < -0.4 is 0 Å². The lowest BCUT2D eigenvalue weighted by Gasteiger charge is -1.99. The number of hydrogen-bond donors (Lipinski definition) is 0. The number of aromatic nitrogens is 1. The Labute approximate surface area is 84.2 Å². The molecule has 0 fully saturated rings. The summed E-state index contributed by atoms with van der Waals surface area (Å²) in [7, 11) is 0. The molecule has 0 atom stereocenters. The largest absolute Gasteiger partial charge is 0.294 e. The first-order valence-corrected chi connectivity index (χ1v) is 4.60. The molecule has 0 unspecified atom stereocenters. The van der Waals surface area contributed by atoms with Crippen LogP contribution in [0.1, 0.15) is 48.5 Å². The van der Waals surface area contributed by atoms with Gasteiger partial charge in [0, 0.05) is 18.7 Å². The van der Waals surface area contributed by atoms with E-state index in [1.54, 1.807) is 12.1 Å². The second kappa shape index (κ2) is 6.02. The van der Waals surface area contributed by atoms with Crippen LogP contribution in [0.2, 0.25) is 0 Å². The summed E-state index contributed by atoms with van der Waals surface area (Å²) in [6.07, 6.45) is 1.50. The Morgan fingerprint density at radius 2 is 1.71 bits per heavy atom. The van der Waals surface area contributed by atoms with E-state index >= 15 is 0 Å². The summed E-state index contributed by atoms with van der Waals surface area (Å²) in [5, 5.41) is 0. The third-order valence-electron chi connectivity index (χ3n) is 1.52. The van der Waals surface area contributed by atoms with Crippen molar-refractivity contribution in [2.24, 2.45) is 0 Å². The highest BCUT2D eigenvalue weighted by Gasteiger charge is 2.10. The van der Waals surface area contributed by atoms with Crippen LogP contribution in [-0.2, 0) is 0 Å². The Kier molecular flexibility index (Phi) is 5.37. The zero-order valence-corrected chi connectivity index (χ0v) is 9.00. The summed E-state index contributed by atoms with van der Waals surface area (Å²) in [4.78, 5) is 25.8. The van der Waals surface area contributed by atoms with Crippen molar-refractivity contribution in [3.63, 3.8) is 0 Å². The predicted octanol–water partition coefficient (Wildman–Crippen LogP) is 2.51. The van der Waals surface area contributed by atoms with Gasteiger partial charge in [0.1, 0.15) is 5.69 Å². The molecule has 0 aromatic carbocycles. The van der Waals surface area contributed by atoms with E-state index in [2.05, 4.69) is 4.98 Å². The molecule has 0 aliphatic carbocycles. The molecule has 1 aromatic rings. The van der Waals surface area contributed by atoms with E-state index in [9.17, 15) is 9.59 Å². The molecule has 0 aliphatic rings. The fraction of sp³-hybridized carbons (Fsp3) is 0.364. The van der Waals surface area contributed by atoms with Crippen molar-refractivity contribution in [3.05, 3.63) is 29.6 Å². The fourth-order valence-corrected chi connectivity index (χ4v) is 0.970. The first kappa shape index (κ1) is 12.5. The Morgan fingerprint density at radius 1 is 1.14 bits per heavy atom. The third kappa shape index (κ3) is 3.09. The lowest BCUT2D eigenvalue weighted by Crippen LogP contribution is -2.05. The fourth-order valence-electron chi connectivity index (χ4n) is 0.970. The summed E-state index contributed by atoms with van der Waals surface area (Å²) < 4.78 is 0. The maximum absolute atomic E-state index is 11.0. The van der Waals surface area contributed by atoms with Gasteiger partial charge in [-0.2, -0.15) is 0 Å². The molecule has 1 rings (SSSR count). The molecule has 14 heavy (non-hydrogen) atoms. The van der Waals surface area contributed by atoms with Crippen molar-refractivity contribution in [1.29, 1.82) is 0 Å². The van der Waals surface area contributed by atoms with E-state index in [1.807, 2.05) is 13.8 Å². The molecule has 1 aromatic heterocycles. The molecule has 0 bridgehead atoms. The van der Waals surface area contributed by atoms with Crippen LogP contribution in [0.25, 0.3) is 0 Å². The van der Waals surface area contributed by atoms with E-state index in [-0.39, 0.29) is 17.3 Å². The number of carbonyl (C=O) groups is 2. The van der Waals surface area contributed by atoms with E-state index in [1.165, 1.54) is 20.0 Å².